The summed E-state index contributed by atoms with van der Waals surface area (Å²) in [5.41, 5.74) is 0. The highest BCUT2D eigenvalue weighted by molar-refractivity contribution is 14.1. The Kier molecular flexibility index (Phi) is 2.33. The molecule has 0 aliphatic rings. The van der Waals surface area contributed by atoms with Gasteiger partial charge in [-0.25, -0.2) is 0 Å². The molecule has 68 valence electrons. The number of ether oxygens (including phenoxy) is 1. The fraction of sp³-hybridized carbons (Fsp3) is 0.111. The van der Waals surface area contributed by atoms with E-state index < -0.39 is 0 Å². The van der Waals surface area contributed by atoms with Crippen LogP contribution in [-0.2, 0) is 0 Å². The predicted octanol–water partition coefficient (Wildman–Crippen LogP) is 3.22. The van der Waals surface area contributed by atoms with E-state index in [0.717, 1.165) is 13.7 Å². The van der Waals surface area contributed by atoms with Crippen LogP contribution in [0.5, 0.6) is 10.8 Å². The minimum absolute atomic E-state index is 0.251. The van der Waals surface area contributed by atoms with E-state index in [1.54, 1.807) is 7.11 Å². The summed E-state index contributed by atoms with van der Waals surface area (Å²) >= 11 is 3.72. The molecule has 2 rings (SSSR count). The summed E-state index contributed by atoms with van der Waals surface area (Å²) in [4.78, 5) is 0. The van der Waals surface area contributed by atoms with Gasteiger partial charge in [0.25, 0.3) is 0 Å². The van der Waals surface area contributed by atoms with Crippen molar-refractivity contribution < 1.29 is 9.84 Å². The lowest BCUT2D eigenvalue weighted by Crippen LogP contribution is -1.75. The first-order chi connectivity index (χ1) is 6.24. The van der Waals surface area contributed by atoms with Gasteiger partial charge in [-0.2, -0.15) is 0 Å². The van der Waals surface area contributed by atoms with Gasteiger partial charge in [0.2, 0.25) is 5.06 Å². The Morgan fingerprint density at radius 1 is 1.46 bits per heavy atom. The van der Waals surface area contributed by atoms with Gasteiger partial charge in [0.1, 0.15) is 0 Å². The molecule has 0 radical (unpaired) electrons. The van der Waals surface area contributed by atoms with E-state index in [0.29, 0.717) is 5.06 Å². The summed E-state index contributed by atoms with van der Waals surface area (Å²) < 4.78 is 7.27. The van der Waals surface area contributed by atoms with Crippen molar-refractivity contribution in [3.63, 3.8) is 0 Å². The van der Waals surface area contributed by atoms with Crippen molar-refractivity contribution in [3.05, 3.63) is 21.8 Å². The molecule has 0 saturated heterocycles. The standard InChI is InChI=1S/C9H7IO2S/c1-12-9-7(11)5-3-2-4-6(10)8(5)13-9/h2-4,11H,1H3. The van der Waals surface area contributed by atoms with Gasteiger partial charge in [-0.05, 0) is 34.7 Å². The fourth-order valence-corrected chi connectivity index (χ4v) is 2.93. The molecule has 2 nitrogen and oxygen atoms in total. The Balaban J connectivity index is 2.83. The van der Waals surface area contributed by atoms with Crippen molar-refractivity contribution in [1.29, 1.82) is 0 Å². The van der Waals surface area contributed by atoms with Crippen LogP contribution in [0.3, 0.4) is 0 Å². The summed E-state index contributed by atoms with van der Waals surface area (Å²) in [5, 5.41) is 11.1. The molecular formula is C9H7IO2S. The molecule has 0 atom stereocenters. The maximum absolute atomic E-state index is 9.70. The SMILES string of the molecule is COc1sc2c(I)cccc2c1O. The average Bonchev–Trinajstić information content (AvgIpc) is 2.45. The van der Waals surface area contributed by atoms with Crippen LogP contribution >= 0.6 is 33.9 Å². The monoisotopic (exact) mass is 306 g/mol. The molecule has 4 heteroatoms. The number of rotatable bonds is 1. The van der Waals surface area contributed by atoms with Crippen LogP contribution in [-0.4, -0.2) is 12.2 Å². The Morgan fingerprint density at radius 2 is 2.23 bits per heavy atom. The molecule has 1 heterocycles. The summed E-state index contributed by atoms with van der Waals surface area (Å²) in [6.45, 7) is 0. The van der Waals surface area contributed by atoms with E-state index in [1.165, 1.54) is 11.3 Å². The van der Waals surface area contributed by atoms with Gasteiger partial charge in [0.15, 0.2) is 5.75 Å². The molecular weight excluding hydrogens is 299 g/mol. The lowest BCUT2D eigenvalue weighted by atomic mass is 10.2. The summed E-state index contributed by atoms with van der Waals surface area (Å²) in [7, 11) is 1.57. The van der Waals surface area contributed by atoms with Crippen molar-refractivity contribution in [2.45, 2.75) is 0 Å². The summed E-state index contributed by atoms with van der Waals surface area (Å²) in [6, 6.07) is 5.83. The third-order valence-corrected chi connectivity index (χ3v) is 4.25. The van der Waals surface area contributed by atoms with E-state index in [1.807, 2.05) is 18.2 Å². The van der Waals surface area contributed by atoms with Gasteiger partial charge in [0.05, 0.1) is 11.8 Å². The lowest BCUT2D eigenvalue weighted by molar-refractivity contribution is 0.388. The molecule has 1 aromatic carbocycles. The van der Waals surface area contributed by atoms with Crippen LogP contribution in [0.15, 0.2) is 18.2 Å². The Morgan fingerprint density at radius 3 is 2.85 bits per heavy atom. The van der Waals surface area contributed by atoms with Crippen molar-refractivity contribution >= 4 is 44.0 Å². The topological polar surface area (TPSA) is 29.5 Å². The Hall–Kier alpha value is -0.490. The second-order valence-electron chi connectivity index (χ2n) is 2.56. The lowest BCUT2D eigenvalue weighted by Gasteiger charge is -1.93. The van der Waals surface area contributed by atoms with Crippen LogP contribution in [0.4, 0.5) is 0 Å². The quantitative estimate of drug-likeness (QED) is 0.820. The first-order valence-corrected chi connectivity index (χ1v) is 5.57. The van der Waals surface area contributed by atoms with E-state index in [-0.39, 0.29) is 5.75 Å². The van der Waals surface area contributed by atoms with E-state index in [2.05, 4.69) is 22.6 Å². The van der Waals surface area contributed by atoms with Crippen molar-refractivity contribution in [2.75, 3.05) is 7.11 Å². The van der Waals surface area contributed by atoms with Crippen LogP contribution in [0.25, 0.3) is 10.1 Å². The third kappa shape index (κ3) is 1.38. The molecule has 2 aromatic rings. The van der Waals surface area contributed by atoms with Crippen molar-refractivity contribution in [2.24, 2.45) is 0 Å². The molecule has 0 aliphatic heterocycles. The predicted molar refractivity (Wildman–Crippen MR) is 62.8 cm³/mol. The van der Waals surface area contributed by atoms with Crippen molar-refractivity contribution in [3.8, 4) is 10.8 Å². The molecule has 0 spiro atoms. The molecule has 0 amide bonds. The highest BCUT2D eigenvalue weighted by atomic mass is 127. The smallest absolute Gasteiger partial charge is 0.217 e. The maximum atomic E-state index is 9.70. The molecule has 13 heavy (non-hydrogen) atoms. The van der Waals surface area contributed by atoms with Crippen LogP contribution in [0, 0.1) is 3.57 Å². The normalized spacial score (nSPS) is 10.6. The molecule has 0 unspecified atom stereocenters. The second-order valence-corrected chi connectivity index (χ2v) is 4.70. The minimum atomic E-state index is 0.251. The highest BCUT2D eigenvalue weighted by Gasteiger charge is 2.12. The zero-order valence-electron chi connectivity index (χ0n) is 6.87. The van der Waals surface area contributed by atoms with E-state index in [4.69, 9.17) is 4.74 Å². The molecule has 0 fully saturated rings. The molecule has 0 bridgehead atoms. The summed E-state index contributed by atoms with van der Waals surface area (Å²) in [6.07, 6.45) is 0. The molecule has 0 aliphatic carbocycles. The molecule has 0 saturated carbocycles. The van der Waals surface area contributed by atoms with Gasteiger partial charge in [-0.1, -0.05) is 17.4 Å². The largest absolute Gasteiger partial charge is 0.503 e. The zero-order valence-corrected chi connectivity index (χ0v) is 9.85. The number of benzene rings is 1. The highest BCUT2D eigenvalue weighted by Crippen LogP contribution is 2.44. The first-order valence-electron chi connectivity index (χ1n) is 3.68. The number of thiophene rings is 1. The third-order valence-electron chi connectivity index (χ3n) is 1.80. The first kappa shape index (κ1) is 9.08. The van der Waals surface area contributed by atoms with Crippen LogP contribution < -0.4 is 4.74 Å². The van der Waals surface area contributed by atoms with Crippen LogP contribution in [0.2, 0.25) is 0 Å². The average molecular weight is 306 g/mol. The second kappa shape index (κ2) is 3.34. The molecule has 1 aromatic heterocycles. The Bertz CT molecular complexity index is 450. The van der Waals surface area contributed by atoms with Crippen molar-refractivity contribution in [1.82, 2.24) is 0 Å². The van der Waals surface area contributed by atoms with Gasteiger partial charge < -0.3 is 9.84 Å². The number of aromatic hydroxyl groups is 1. The van der Waals surface area contributed by atoms with Gasteiger partial charge in [-0.15, -0.1) is 0 Å². The number of fused-ring (bicyclic) bond motifs is 1. The fourth-order valence-electron chi connectivity index (χ4n) is 1.19. The number of hydrogen-bond donors (Lipinski definition) is 1. The minimum Gasteiger partial charge on any atom is -0.503 e. The maximum Gasteiger partial charge on any atom is 0.217 e. The zero-order chi connectivity index (χ0) is 9.42. The number of hydrogen-bond acceptors (Lipinski definition) is 3. The van der Waals surface area contributed by atoms with Gasteiger partial charge >= 0.3 is 0 Å². The molecule has 1 N–H and O–H groups in total. The van der Waals surface area contributed by atoms with Gasteiger partial charge in [-0.3, -0.25) is 0 Å². The van der Waals surface area contributed by atoms with Gasteiger partial charge in [0, 0.05) is 8.96 Å². The summed E-state index contributed by atoms with van der Waals surface area (Å²) in [5.74, 6) is 0.251. The number of halogens is 1. The van der Waals surface area contributed by atoms with E-state index in [9.17, 15) is 5.11 Å². The Labute approximate surface area is 93.3 Å². The number of methoxy groups -OCH3 is 1. The van der Waals surface area contributed by atoms with E-state index >= 15 is 0 Å². The van der Waals surface area contributed by atoms with Crippen LogP contribution in [0.1, 0.15) is 0 Å².